The highest BCUT2D eigenvalue weighted by Gasteiger charge is 2.28. The largest absolute Gasteiger partial charge is 0.497 e. The fraction of sp³-hybridized carbons (Fsp3) is 0.444. The Labute approximate surface area is 159 Å². The van der Waals surface area contributed by atoms with E-state index in [9.17, 15) is 13.2 Å². The molecule has 1 N–H and O–H groups in total. The van der Waals surface area contributed by atoms with Gasteiger partial charge in [-0.1, -0.05) is 17.3 Å². The van der Waals surface area contributed by atoms with Crippen LogP contribution in [0.1, 0.15) is 23.4 Å². The van der Waals surface area contributed by atoms with Crippen LogP contribution < -0.4 is 10.1 Å². The molecular weight excluding hydrogens is 370 g/mol. The molecule has 1 amide bonds. The van der Waals surface area contributed by atoms with Gasteiger partial charge in [0.05, 0.1) is 7.11 Å². The number of methoxy groups -OCH3 is 1. The van der Waals surface area contributed by atoms with Crippen LogP contribution in [0.3, 0.4) is 0 Å². The zero-order valence-corrected chi connectivity index (χ0v) is 16.8. The number of carbonyl (C=O) groups excluding carboxylic acids is 1. The average molecular weight is 395 g/mol. The zero-order chi connectivity index (χ0) is 20.0. The Kier molecular flexibility index (Phi) is 6.98. The quantitative estimate of drug-likeness (QED) is 0.693. The number of hydrogen-bond acceptors (Lipinski definition) is 6. The van der Waals surface area contributed by atoms with Gasteiger partial charge in [0.2, 0.25) is 15.9 Å². The third-order valence-electron chi connectivity index (χ3n) is 4.18. The summed E-state index contributed by atoms with van der Waals surface area (Å²) in [6.07, 6.45) is 0.926. The molecule has 0 aliphatic heterocycles. The van der Waals surface area contributed by atoms with E-state index < -0.39 is 10.0 Å². The number of ether oxygens (including phenoxy) is 1. The van der Waals surface area contributed by atoms with Crippen molar-refractivity contribution in [1.29, 1.82) is 0 Å². The summed E-state index contributed by atoms with van der Waals surface area (Å²) < 4.78 is 36.4. The lowest BCUT2D eigenvalue weighted by atomic mass is 10.1. The van der Waals surface area contributed by atoms with E-state index in [1.54, 1.807) is 21.0 Å². The molecule has 8 nitrogen and oxygen atoms in total. The van der Waals surface area contributed by atoms with Gasteiger partial charge in [0, 0.05) is 26.6 Å². The summed E-state index contributed by atoms with van der Waals surface area (Å²) in [5.74, 6) is 0.891. The van der Waals surface area contributed by atoms with Crippen LogP contribution in [0.4, 0.5) is 0 Å². The molecule has 2 aromatic rings. The maximum absolute atomic E-state index is 12.6. The number of nitrogens with one attached hydrogen (secondary N) is 1. The molecule has 148 valence electrons. The van der Waals surface area contributed by atoms with Gasteiger partial charge in [0.15, 0.2) is 5.76 Å². The molecule has 0 radical (unpaired) electrons. The Morgan fingerprint density at radius 3 is 2.48 bits per heavy atom. The van der Waals surface area contributed by atoms with Gasteiger partial charge >= 0.3 is 0 Å². The topological polar surface area (TPSA) is 102 Å². The first kappa shape index (κ1) is 20.9. The second kappa shape index (κ2) is 9.01. The Morgan fingerprint density at radius 1 is 1.26 bits per heavy atom. The minimum atomic E-state index is -3.70. The summed E-state index contributed by atoms with van der Waals surface area (Å²) in [6.45, 7) is 3.51. The SMILES string of the molecule is COc1ccc(CCC(=O)NCCN(C)S(=O)(=O)c2c(C)noc2C)cc1. The summed E-state index contributed by atoms with van der Waals surface area (Å²) in [7, 11) is -0.637. The molecule has 1 heterocycles. The highest BCUT2D eigenvalue weighted by molar-refractivity contribution is 7.89. The third-order valence-corrected chi connectivity index (χ3v) is 6.29. The van der Waals surface area contributed by atoms with Crippen LogP contribution in [-0.2, 0) is 21.2 Å². The first-order valence-electron chi connectivity index (χ1n) is 8.54. The summed E-state index contributed by atoms with van der Waals surface area (Å²) in [4.78, 5) is 12.1. The Balaban J connectivity index is 1.80. The van der Waals surface area contributed by atoms with Crippen molar-refractivity contribution in [3.63, 3.8) is 0 Å². The van der Waals surface area contributed by atoms with Gasteiger partial charge in [-0.3, -0.25) is 4.79 Å². The molecule has 0 aliphatic carbocycles. The van der Waals surface area contributed by atoms with Gasteiger partial charge in [0.1, 0.15) is 16.3 Å². The van der Waals surface area contributed by atoms with Gasteiger partial charge in [0.25, 0.3) is 0 Å². The fourth-order valence-electron chi connectivity index (χ4n) is 2.61. The van der Waals surface area contributed by atoms with Crippen molar-refractivity contribution in [2.24, 2.45) is 0 Å². The number of carbonyl (C=O) groups is 1. The number of benzene rings is 1. The average Bonchev–Trinajstić information content (AvgIpc) is 2.99. The lowest BCUT2D eigenvalue weighted by molar-refractivity contribution is -0.121. The molecule has 27 heavy (non-hydrogen) atoms. The van der Waals surface area contributed by atoms with E-state index in [2.05, 4.69) is 10.5 Å². The summed E-state index contributed by atoms with van der Waals surface area (Å²) in [5.41, 5.74) is 1.35. The van der Waals surface area contributed by atoms with Crippen LogP contribution in [0.5, 0.6) is 5.75 Å². The van der Waals surface area contributed by atoms with Gasteiger partial charge in [-0.25, -0.2) is 8.42 Å². The zero-order valence-electron chi connectivity index (χ0n) is 16.0. The number of hydrogen-bond donors (Lipinski definition) is 1. The fourth-order valence-corrected chi connectivity index (χ4v) is 4.06. The highest BCUT2D eigenvalue weighted by atomic mass is 32.2. The van der Waals surface area contributed by atoms with E-state index in [-0.39, 0.29) is 29.7 Å². The molecule has 0 unspecified atom stereocenters. The van der Waals surface area contributed by atoms with Crippen LogP contribution >= 0.6 is 0 Å². The van der Waals surface area contributed by atoms with Crippen molar-refractivity contribution in [1.82, 2.24) is 14.8 Å². The first-order valence-corrected chi connectivity index (χ1v) is 9.98. The summed E-state index contributed by atoms with van der Waals surface area (Å²) >= 11 is 0. The summed E-state index contributed by atoms with van der Waals surface area (Å²) in [5, 5.41) is 6.42. The molecule has 0 saturated carbocycles. The van der Waals surface area contributed by atoms with Gasteiger partial charge in [-0.05, 0) is 38.0 Å². The third kappa shape index (κ3) is 5.30. The Hall–Kier alpha value is -2.39. The van der Waals surface area contributed by atoms with Crippen LogP contribution in [0.25, 0.3) is 0 Å². The smallest absolute Gasteiger partial charge is 0.248 e. The Morgan fingerprint density at radius 2 is 1.93 bits per heavy atom. The molecule has 2 rings (SSSR count). The van der Waals surface area contributed by atoms with E-state index in [1.165, 1.54) is 11.4 Å². The molecular formula is C18H25N3O5S. The molecule has 0 spiro atoms. The normalized spacial score (nSPS) is 11.6. The number of nitrogens with zero attached hydrogens (tertiary/aromatic N) is 2. The molecule has 0 atom stereocenters. The predicted molar refractivity (Wildman–Crippen MR) is 100 cm³/mol. The molecule has 1 aromatic heterocycles. The van der Waals surface area contributed by atoms with E-state index in [1.807, 2.05) is 24.3 Å². The van der Waals surface area contributed by atoms with Crippen molar-refractivity contribution < 1.29 is 22.5 Å². The number of sulfonamides is 1. The van der Waals surface area contributed by atoms with E-state index in [0.717, 1.165) is 11.3 Å². The van der Waals surface area contributed by atoms with Crippen molar-refractivity contribution in [2.45, 2.75) is 31.6 Å². The monoisotopic (exact) mass is 395 g/mol. The van der Waals surface area contributed by atoms with E-state index in [0.29, 0.717) is 18.5 Å². The number of aromatic nitrogens is 1. The van der Waals surface area contributed by atoms with Crippen molar-refractivity contribution in [2.75, 3.05) is 27.2 Å². The minimum absolute atomic E-state index is 0.0795. The summed E-state index contributed by atoms with van der Waals surface area (Å²) in [6, 6.07) is 7.52. The number of likely N-dealkylation sites (N-methyl/N-ethyl adjacent to an activating group) is 1. The number of aryl methyl sites for hydroxylation is 3. The van der Waals surface area contributed by atoms with Gasteiger partial charge in [-0.2, -0.15) is 4.31 Å². The van der Waals surface area contributed by atoms with Crippen molar-refractivity contribution >= 4 is 15.9 Å². The minimum Gasteiger partial charge on any atom is -0.497 e. The number of rotatable bonds is 9. The predicted octanol–water partition coefficient (Wildman–Crippen LogP) is 1.67. The van der Waals surface area contributed by atoms with Gasteiger partial charge in [-0.15, -0.1) is 0 Å². The van der Waals surface area contributed by atoms with Crippen LogP contribution in [0.2, 0.25) is 0 Å². The van der Waals surface area contributed by atoms with Crippen LogP contribution in [0, 0.1) is 13.8 Å². The maximum atomic E-state index is 12.6. The van der Waals surface area contributed by atoms with Crippen molar-refractivity contribution in [3.8, 4) is 5.75 Å². The molecule has 9 heteroatoms. The maximum Gasteiger partial charge on any atom is 0.248 e. The number of amides is 1. The first-order chi connectivity index (χ1) is 12.8. The van der Waals surface area contributed by atoms with E-state index in [4.69, 9.17) is 9.26 Å². The molecule has 0 saturated heterocycles. The molecule has 0 aliphatic rings. The lowest BCUT2D eigenvalue weighted by Gasteiger charge is -2.17. The molecule has 1 aromatic carbocycles. The van der Waals surface area contributed by atoms with Gasteiger partial charge < -0.3 is 14.6 Å². The van der Waals surface area contributed by atoms with Crippen LogP contribution in [0.15, 0.2) is 33.7 Å². The lowest BCUT2D eigenvalue weighted by Crippen LogP contribution is -2.36. The van der Waals surface area contributed by atoms with Crippen molar-refractivity contribution in [3.05, 3.63) is 41.3 Å². The second-order valence-electron chi connectivity index (χ2n) is 6.18. The standard InChI is InChI=1S/C18H25N3O5S/c1-13-18(14(2)26-20-13)27(23,24)21(3)12-11-19-17(22)10-7-15-5-8-16(25-4)9-6-15/h5-6,8-9H,7,10-12H2,1-4H3,(H,19,22). The molecule has 0 bridgehead atoms. The van der Waals surface area contributed by atoms with E-state index >= 15 is 0 Å². The van der Waals surface area contributed by atoms with Crippen LogP contribution in [-0.4, -0.2) is 51.0 Å². The Bertz CT molecular complexity index is 855. The highest BCUT2D eigenvalue weighted by Crippen LogP contribution is 2.21. The second-order valence-corrected chi connectivity index (χ2v) is 8.16. The molecule has 0 fully saturated rings.